The summed E-state index contributed by atoms with van der Waals surface area (Å²) in [5.41, 5.74) is 2.16. The summed E-state index contributed by atoms with van der Waals surface area (Å²) in [4.78, 5) is 32.6. The van der Waals surface area contributed by atoms with Crippen LogP contribution in [-0.2, 0) is 11.3 Å². The van der Waals surface area contributed by atoms with Crippen LogP contribution in [0.2, 0.25) is 5.02 Å². The van der Waals surface area contributed by atoms with Crippen molar-refractivity contribution in [2.45, 2.75) is 38.8 Å². The predicted octanol–water partition coefficient (Wildman–Crippen LogP) is 4.35. The van der Waals surface area contributed by atoms with E-state index < -0.39 is 6.04 Å². The van der Waals surface area contributed by atoms with Crippen LogP contribution in [-0.4, -0.2) is 46.0 Å². The molecule has 1 N–H and O–H groups in total. The third kappa shape index (κ3) is 4.10. The molecule has 1 aromatic heterocycles. The number of aryl methyl sites for hydroxylation is 1. The largest absolute Gasteiger partial charge is 0.496 e. The first-order valence-electron chi connectivity index (χ1n) is 10.4. The number of benzene rings is 2. The Morgan fingerprint density at radius 3 is 2.84 bits per heavy atom. The molecular weight excluding hydrogens is 416 g/mol. The molecular formula is C23H25ClN4O3. The minimum absolute atomic E-state index is 0.237. The van der Waals surface area contributed by atoms with Gasteiger partial charge >= 0.3 is 0 Å². The number of imidazole rings is 1. The fourth-order valence-electron chi connectivity index (χ4n) is 4.10. The van der Waals surface area contributed by atoms with E-state index in [2.05, 4.69) is 17.2 Å². The van der Waals surface area contributed by atoms with Gasteiger partial charge in [0.1, 0.15) is 11.8 Å². The summed E-state index contributed by atoms with van der Waals surface area (Å²) < 4.78 is 7.34. The molecule has 2 amide bonds. The number of rotatable bonds is 6. The zero-order chi connectivity index (χ0) is 22.0. The van der Waals surface area contributed by atoms with E-state index >= 15 is 0 Å². The number of carbonyl (C=O) groups excluding carboxylic acids is 2. The van der Waals surface area contributed by atoms with Gasteiger partial charge in [-0.25, -0.2) is 4.98 Å². The van der Waals surface area contributed by atoms with Crippen LogP contribution >= 0.6 is 11.6 Å². The van der Waals surface area contributed by atoms with Crippen LogP contribution in [0.4, 0.5) is 5.95 Å². The highest BCUT2D eigenvalue weighted by Gasteiger charge is 2.36. The maximum Gasteiger partial charge on any atom is 0.258 e. The number of hydrogen-bond donors (Lipinski definition) is 1. The van der Waals surface area contributed by atoms with Crippen molar-refractivity contribution >= 4 is 40.4 Å². The summed E-state index contributed by atoms with van der Waals surface area (Å²) in [5, 5.41) is 3.41. The molecule has 0 unspecified atom stereocenters. The molecule has 0 bridgehead atoms. The number of halogens is 1. The van der Waals surface area contributed by atoms with Gasteiger partial charge in [0, 0.05) is 18.1 Å². The van der Waals surface area contributed by atoms with Crippen LogP contribution in [0.15, 0.2) is 42.5 Å². The number of methoxy groups -OCH3 is 1. The maximum absolute atomic E-state index is 13.2. The molecule has 2 heterocycles. The third-order valence-electron chi connectivity index (χ3n) is 5.55. The Morgan fingerprint density at radius 1 is 1.26 bits per heavy atom. The van der Waals surface area contributed by atoms with E-state index in [0.717, 1.165) is 30.4 Å². The number of nitrogens with one attached hydrogen (secondary N) is 1. The van der Waals surface area contributed by atoms with Gasteiger partial charge in [0.15, 0.2) is 0 Å². The van der Waals surface area contributed by atoms with E-state index in [1.807, 2.05) is 28.8 Å². The lowest BCUT2D eigenvalue weighted by molar-refractivity contribution is -0.119. The topological polar surface area (TPSA) is 76.5 Å². The van der Waals surface area contributed by atoms with Gasteiger partial charge in [-0.15, -0.1) is 0 Å². The summed E-state index contributed by atoms with van der Waals surface area (Å²) in [7, 11) is 1.51. The lowest BCUT2D eigenvalue weighted by Crippen LogP contribution is -2.43. The zero-order valence-corrected chi connectivity index (χ0v) is 18.4. The van der Waals surface area contributed by atoms with E-state index in [1.165, 1.54) is 7.11 Å². The molecule has 0 aliphatic carbocycles. The number of carbonyl (C=O) groups is 2. The zero-order valence-electron chi connectivity index (χ0n) is 17.6. The summed E-state index contributed by atoms with van der Waals surface area (Å²) in [6.45, 7) is 3.32. The van der Waals surface area contributed by atoms with E-state index in [1.54, 1.807) is 23.1 Å². The normalized spacial score (nSPS) is 16.0. The molecule has 0 saturated carbocycles. The second kappa shape index (κ2) is 8.98. The van der Waals surface area contributed by atoms with Gasteiger partial charge in [-0.05, 0) is 49.6 Å². The lowest BCUT2D eigenvalue weighted by atomic mass is 10.1. The van der Waals surface area contributed by atoms with E-state index in [9.17, 15) is 9.59 Å². The number of anilines is 1. The molecule has 4 rings (SSSR count). The fraction of sp³-hybridized carbons (Fsp3) is 0.348. The molecule has 1 aliphatic heterocycles. The van der Waals surface area contributed by atoms with E-state index in [-0.39, 0.29) is 11.8 Å². The van der Waals surface area contributed by atoms with Crippen molar-refractivity contribution in [2.24, 2.45) is 0 Å². The molecule has 7 nitrogen and oxygen atoms in total. The van der Waals surface area contributed by atoms with E-state index in [4.69, 9.17) is 16.3 Å². The molecule has 3 aromatic rings. The summed E-state index contributed by atoms with van der Waals surface area (Å²) in [6.07, 6.45) is 2.25. The van der Waals surface area contributed by atoms with Crippen molar-refractivity contribution in [3.05, 3.63) is 53.1 Å². The minimum atomic E-state index is -0.578. The highest BCUT2D eigenvalue weighted by molar-refractivity contribution is 6.31. The van der Waals surface area contributed by atoms with Gasteiger partial charge in [0.25, 0.3) is 5.91 Å². The molecule has 0 radical (unpaired) electrons. The molecule has 1 atom stereocenters. The Balaban J connectivity index is 1.59. The monoisotopic (exact) mass is 440 g/mol. The lowest BCUT2D eigenvalue weighted by Gasteiger charge is -2.25. The second-order valence-corrected chi connectivity index (χ2v) is 8.00. The quantitative estimate of drug-likeness (QED) is 0.618. The average molecular weight is 441 g/mol. The van der Waals surface area contributed by atoms with Gasteiger partial charge < -0.3 is 14.2 Å². The van der Waals surface area contributed by atoms with Crippen molar-refractivity contribution in [3.63, 3.8) is 0 Å². The van der Waals surface area contributed by atoms with Gasteiger partial charge in [-0.3, -0.25) is 14.9 Å². The van der Waals surface area contributed by atoms with Crippen LogP contribution in [0.3, 0.4) is 0 Å². The van der Waals surface area contributed by atoms with Crippen molar-refractivity contribution in [1.82, 2.24) is 14.5 Å². The Labute approximate surface area is 186 Å². The van der Waals surface area contributed by atoms with Crippen molar-refractivity contribution in [2.75, 3.05) is 19.0 Å². The van der Waals surface area contributed by atoms with Gasteiger partial charge in [-0.1, -0.05) is 30.7 Å². The maximum atomic E-state index is 13.2. The molecule has 31 heavy (non-hydrogen) atoms. The predicted molar refractivity (Wildman–Crippen MR) is 121 cm³/mol. The SMILES string of the molecule is CCCn1c(NC(=O)[C@H]2CCCN2C(=O)c2cc(Cl)ccc2OC)nc2ccccc21. The van der Waals surface area contributed by atoms with Crippen LogP contribution < -0.4 is 10.1 Å². The first-order chi connectivity index (χ1) is 15.0. The smallest absolute Gasteiger partial charge is 0.258 e. The summed E-state index contributed by atoms with van der Waals surface area (Å²) in [6, 6.07) is 12.1. The fourth-order valence-corrected chi connectivity index (χ4v) is 4.27. The molecule has 1 aliphatic rings. The Morgan fingerprint density at radius 2 is 2.06 bits per heavy atom. The number of ether oxygens (including phenoxy) is 1. The highest BCUT2D eigenvalue weighted by atomic mass is 35.5. The minimum Gasteiger partial charge on any atom is -0.496 e. The van der Waals surface area contributed by atoms with Crippen molar-refractivity contribution in [3.8, 4) is 5.75 Å². The molecule has 8 heteroatoms. The number of fused-ring (bicyclic) bond motifs is 1. The molecule has 1 saturated heterocycles. The Bertz CT molecular complexity index is 1130. The Kier molecular flexibility index (Phi) is 6.13. The number of amides is 2. The standard InChI is InChI=1S/C23H25ClN4O3/c1-3-12-28-18-8-5-4-7-17(18)25-23(28)26-21(29)19-9-6-13-27(19)22(30)16-14-15(24)10-11-20(16)31-2/h4-5,7-8,10-11,14,19H,3,6,9,12-13H2,1-2H3,(H,25,26,29)/t19-/m1/s1. The third-order valence-corrected chi connectivity index (χ3v) is 5.78. The first-order valence-corrected chi connectivity index (χ1v) is 10.8. The van der Waals surface area contributed by atoms with Crippen LogP contribution in [0.1, 0.15) is 36.5 Å². The number of hydrogen-bond acceptors (Lipinski definition) is 4. The van der Waals surface area contributed by atoms with Crippen molar-refractivity contribution < 1.29 is 14.3 Å². The van der Waals surface area contributed by atoms with Crippen LogP contribution in [0.25, 0.3) is 11.0 Å². The Hall–Kier alpha value is -3.06. The highest BCUT2D eigenvalue weighted by Crippen LogP contribution is 2.28. The first kappa shape index (κ1) is 21.2. The molecule has 162 valence electrons. The van der Waals surface area contributed by atoms with Gasteiger partial charge in [0.2, 0.25) is 11.9 Å². The number of nitrogens with zero attached hydrogens (tertiary/aromatic N) is 3. The van der Waals surface area contributed by atoms with Crippen LogP contribution in [0, 0.1) is 0 Å². The average Bonchev–Trinajstić information content (AvgIpc) is 3.39. The summed E-state index contributed by atoms with van der Waals surface area (Å²) in [5.74, 6) is 0.441. The summed E-state index contributed by atoms with van der Waals surface area (Å²) >= 11 is 6.10. The molecule has 2 aromatic carbocycles. The number of likely N-dealkylation sites (tertiary alicyclic amines) is 1. The molecule has 0 spiro atoms. The van der Waals surface area contributed by atoms with Gasteiger partial charge in [0.05, 0.1) is 23.7 Å². The van der Waals surface area contributed by atoms with Crippen molar-refractivity contribution in [1.29, 1.82) is 0 Å². The van der Waals surface area contributed by atoms with Gasteiger partial charge in [-0.2, -0.15) is 0 Å². The molecule has 1 fully saturated rings. The van der Waals surface area contributed by atoms with Crippen LogP contribution in [0.5, 0.6) is 5.75 Å². The number of aromatic nitrogens is 2. The van der Waals surface area contributed by atoms with E-state index in [0.29, 0.717) is 35.2 Å². The second-order valence-electron chi connectivity index (χ2n) is 7.57. The number of para-hydroxylation sites is 2.